The summed E-state index contributed by atoms with van der Waals surface area (Å²) in [5.74, 6) is 0.345. The monoisotopic (exact) mass is 399 g/mol. The lowest BCUT2D eigenvalue weighted by Crippen LogP contribution is -2.42. The zero-order valence-electron chi connectivity index (χ0n) is 16.3. The molecule has 154 valence electrons. The summed E-state index contributed by atoms with van der Waals surface area (Å²) < 4.78 is 15.7. The van der Waals surface area contributed by atoms with E-state index in [1.54, 1.807) is 43.5 Å². The van der Waals surface area contributed by atoms with Gasteiger partial charge in [-0.2, -0.15) is 0 Å². The summed E-state index contributed by atoms with van der Waals surface area (Å²) in [7, 11) is 1.56. The lowest BCUT2D eigenvalue weighted by Gasteiger charge is -2.26. The Labute approximate surface area is 169 Å². The third-order valence-electron chi connectivity index (χ3n) is 4.49. The van der Waals surface area contributed by atoms with Gasteiger partial charge in [0.05, 0.1) is 26.6 Å². The molecule has 1 aromatic carbocycles. The van der Waals surface area contributed by atoms with Crippen LogP contribution in [-0.4, -0.2) is 63.2 Å². The van der Waals surface area contributed by atoms with Gasteiger partial charge in [0.1, 0.15) is 17.2 Å². The van der Waals surface area contributed by atoms with Gasteiger partial charge in [0.25, 0.3) is 11.8 Å². The first-order valence-electron chi connectivity index (χ1n) is 9.44. The molecule has 1 fully saturated rings. The number of nitrogens with one attached hydrogen (secondary N) is 2. The summed E-state index contributed by atoms with van der Waals surface area (Å²) in [5, 5.41) is 5.52. The topological polar surface area (TPSA) is 93.0 Å². The number of carbonyl (C=O) groups is 2. The summed E-state index contributed by atoms with van der Waals surface area (Å²) >= 11 is 0. The van der Waals surface area contributed by atoms with Crippen LogP contribution in [0, 0.1) is 0 Å². The number of morpholine rings is 1. The summed E-state index contributed by atoms with van der Waals surface area (Å²) in [6.07, 6.45) is 3.01. The van der Waals surface area contributed by atoms with Crippen molar-refractivity contribution in [2.45, 2.75) is 0 Å². The van der Waals surface area contributed by atoms with E-state index in [1.807, 2.05) is 0 Å². The van der Waals surface area contributed by atoms with Crippen molar-refractivity contribution >= 4 is 17.9 Å². The van der Waals surface area contributed by atoms with Crippen LogP contribution in [-0.2, 0) is 9.53 Å². The molecule has 1 aromatic heterocycles. The van der Waals surface area contributed by atoms with Crippen molar-refractivity contribution in [2.24, 2.45) is 0 Å². The molecule has 2 N–H and O–H groups in total. The van der Waals surface area contributed by atoms with Gasteiger partial charge in [-0.15, -0.1) is 0 Å². The van der Waals surface area contributed by atoms with Gasteiger partial charge in [0.2, 0.25) is 0 Å². The van der Waals surface area contributed by atoms with Crippen molar-refractivity contribution in [3.63, 3.8) is 0 Å². The second-order valence-corrected chi connectivity index (χ2v) is 6.47. The van der Waals surface area contributed by atoms with Gasteiger partial charge < -0.3 is 24.5 Å². The zero-order valence-corrected chi connectivity index (χ0v) is 16.3. The van der Waals surface area contributed by atoms with E-state index in [-0.39, 0.29) is 11.6 Å². The van der Waals surface area contributed by atoms with Gasteiger partial charge in [-0.1, -0.05) is 0 Å². The van der Waals surface area contributed by atoms with Crippen LogP contribution in [0.5, 0.6) is 5.75 Å². The van der Waals surface area contributed by atoms with Crippen LogP contribution in [0.1, 0.15) is 16.1 Å². The molecule has 0 bridgehead atoms. The largest absolute Gasteiger partial charge is 0.497 e. The Balaban J connectivity index is 1.63. The second kappa shape index (κ2) is 10.4. The molecule has 2 aromatic rings. The highest BCUT2D eigenvalue weighted by atomic mass is 16.5. The van der Waals surface area contributed by atoms with E-state index in [0.29, 0.717) is 36.8 Å². The van der Waals surface area contributed by atoms with Gasteiger partial charge in [-0.3, -0.25) is 14.5 Å². The lowest BCUT2D eigenvalue weighted by molar-refractivity contribution is -0.117. The fourth-order valence-electron chi connectivity index (χ4n) is 2.86. The van der Waals surface area contributed by atoms with E-state index in [2.05, 4.69) is 15.5 Å². The number of ether oxygens (including phenoxy) is 2. The first-order chi connectivity index (χ1) is 14.2. The molecule has 3 rings (SSSR count). The summed E-state index contributed by atoms with van der Waals surface area (Å²) in [4.78, 5) is 27.5. The number of amides is 2. The number of hydrogen-bond donors (Lipinski definition) is 2. The number of methoxy groups -OCH3 is 1. The maximum absolute atomic E-state index is 12.7. The maximum atomic E-state index is 12.7. The zero-order chi connectivity index (χ0) is 20.5. The molecule has 8 heteroatoms. The highest BCUT2D eigenvalue weighted by molar-refractivity contribution is 6.05. The molecular formula is C21H25N3O5. The van der Waals surface area contributed by atoms with Crippen molar-refractivity contribution in [1.29, 1.82) is 0 Å². The fourth-order valence-corrected chi connectivity index (χ4v) is 2.86. The van der Waals surface area contributed by atoms with Gasteiger partial charge in [0, 0.05) is 37.8 Å². The number of nitrogens with zero attached hydrogens (tertiary/aromatic N) is 1. The molecular weight excluding hydrogens is 374 g/mol. The summed E-state index contributed by atoms with van der Waals surface area (Å²) in [6, 6.07) is 10.1. The Morgan fingerprint density at radius 2 is 1.93 bits per heavy atom. The average Bonchev–Trinajstić information content (AvgIpc) is 3.27. The SMILES string of the molecule is COc1ccc(C(=O)N/C(=C\c2ccco2)C(=O)NCCN2CCOCC2)cc1. The second-order valence-electron chi connectivity index (χ2n) is 6.47. The highest BCUT2D eigenvalue weighted by Crippen LogP contribution is 2.12. The maximum Gasteiger partial charge on any atom is 0.267 e. The van der Waals surface area contributed by atoms with Crippen LogP contribution in [0.25, 0.3) is 6.08 Å². The molecule has 0 unspecified atom stereocenters. The number of carbonyl (C=O) groups excluding carboxylic acids is 2. The number of furan rings is 1. The Morgan fingerprint density at radius 3 is 2.59 bits per heavy atom. The normalized spacial score (nSPS) is 15.0. The molecule has 8 nitrogen and oxygen atoms in total. The average molecular weight is 399 g/mol. The minimum Gasteiger partial charge on any atom is -0.497 e. The highest BCUT2D eigenvalue weighted by Gasteiger charge is 2.16. The van der Waals surface area contributed by atoms with Crippen molar-refractivity contribution in [3.8, 4) is 5.75 Å². The van der Waals surface area contributed by atoms with Crippen molar-refractivity contribution in [3.05, 3.63) is 59.7 Å². The van der Waals surface area contributed by atoms with E-state index in [0.717, 1.165) is 19.6 Å². The molecule has 1 saturated heterocycles. The predicted molar refractivity (Wildman–Crippen MR) is 107 cm³/mol. The number of rotatable bonds is 8. The van der Waals surface area contributed by atoms with Crippen molar-refractivity contribution in [1.82, 2.24) is 15.5 Å². The number of hydrogen-bond acceptors (Lipinski definition) is 6. The first-order valence-corrected chi connectivity index (χ1v) is 9.44. The molecule has 0 aliphatic carbocycles. The lowest BCUT2D eigenvalue weighted by atomic mass is 10.2. The fraction of sp³-hybridized carbons (Fsp3) is 0.333. The molecule has 0 radical (unpaired) electrons. The van der Waals surface area contributed by atoms with Crippen LogP contribution in [0.4, 0.5) is 0 Å². The van der Waals surface area contributed by atoms with E-state index >= 15 is 0 Å². The van der Waals surface area contributed by atoms with E-state index in [1.165, 1.54) is 12.3 Å². The number of benzene rings is 1. The third-order valence-corrected chi connectivity index (χ3v) is 4.49. The van der Waals surface area contributed by atoms with Crippen LogP contribution < -0.4 is 15.4 Å². The van der Waals surface area contributed by atoms with E-state index < -0.39 is 5.91 Å². The minimum absolute atomic E-state index is 0.114. The van der Waals surface area contributed by atoms with Crippen LogP contribution in [0.2, 0.25) is 0 Å². The molecule has 2 heterocycles. The molecule has 2 amide bonds. The molecule has 1 aliphatic rings. The minimum atomic E-state index is -0.395. The summed E-state index contributed by atoms with van der Waals surface area (Å²) in [6.45, 7) is 4.28. The van der Waals surface area contributed by atoms with Gasteiger partial charge in [0.15, 0.2) is 0 Å². The molecule has 0 atom stereocenters. The molecule has 1 aliphatic heterocycles. The Morgan fingerprint density at radius 1 is 1.17 bits per heavy atom. The van der Waals surface area contributed by atoms with Gasteiger partial charge in [-0.25, -0.2) is 0 Å². The van der Waals surface area contributed by atoms with E-state index in [9.17, 15) is 9.59 Å². The van der Waals surface area contributed by atoms with Crippen LogP contribution in [0.15, 0.2) is 52.8 Å². The Hall–Kier alpha value is -3.10. The smallest absolute Gasteiger partial charge is 0.267 e. The van der Waals surface area contributed by atoms with Crippen molar-refractivity contribution < 1.29 is 23.5 Å². The Bertz CT molecular complexity index is 825. The van der Waals surface area contributed by atoms with Gasteiger partial charge in [-0.05, 0) is 36.4 Å². The van der Waals surface area contributed by atoms with Crippen LogP contribution >= 0.6 is 0 Å². The molecule has 0 saturated carbocycles. The molecule has 0 spiro atoms. The first kappa shape index (κ1) is 20.6. The quantitative estimate of drug-likeness (QED) is 0.654. The van der Waals surface area contributed by atoms with Crippen molar-refractivity contribution in [2.75, 3.05) is 46.5 Å². The van der Waals surface area contributed by atoms with Gasteiger partial charge >= 0.3 is 0 Å². The molecule has 29 heavy (non-hydrogen) atoms. The standard InChI is InChI=1S/C21H25N3O5/c1-27-17-6-4-16(5-7-17)20(25)23-19(15-18-3-2-12-29-18)21(26)22-8-9-24-10-13-28-14-11-24/h2-7,12,15H,8-11,13-14H2,1H3,(H,22,26)(H,23,25)/b19-15-. The third kappa shape index (κ3) is 6.20. The van der Waals surface area contributed by atoms with E-state index in [4.69, 9.17) is 13.9 Å². The summed E-state index contributed by atoms with van der Waals surface area (Å²) in [5.41, 5.74) is 0.528. The van der Waals surface area contributed by atoms with Crippen LogP contribution in [0.3, 0.4) is 0 Å². The predicted octanol–water partition coefficient (Wildman–Crippen LogP) is 1.51. The Kier molecular flexibility index (Phi) is 7.43.